The first-order chi connectivity index (χ1) is 16.7. The van der Waals surface area contributed by atoms with Crippen molar-refractivity contribution in [2.75, 3.05) is 26.2 Å². The number of carbonyl (C=O) groups is 2. The molecule has 1 aliphatic heterocycles. The molecular formula is C28H46N4O3. The molecular weight excluding hydrogens is 440 g/mol. The molecule has 1 aromatic rings. The molecule has 1 heterocycles. The molecule has 7 heteroatoms. The van der Waals surface area contributed by atoms with Gasteiger partial charge in [-0.05, 0) is 64.0 Å². The summed E-state index contributed by atoms with van der Waals surface area (Å²) in [5.74, 6) is 1.07. The van der Waals surface area contributed by atoms with Crippen molar-refractivity contribution in [1.29, 1.82) is 0 Å². The summed E-state index contributed by atoms with van der Waals surface area (Å²) in [6.07, 6.45) is 5.47. The van der Waals surface area contributed by atoms with Crippen molar-refractivity contribution in [3.63, 3.8) is 0 Å². The lowest BCUT2D eigenvalue weighted by molar-refractivity contribution is -0.133. The first-order valence-corrected chi connectivity index (χ1v) is 13.4. The summed E-state index contributed by atoms with van der Waals surface area (Å²) in [6.45, 7) is 10.1. The van der Waals surface area contributed by atoms with Crippen molar-refractivity contribution in [2.24, 2.45) is 11.8 Å². The molecule has 3 rings (SSSR count). The van der Waals surface area contributed by atoms with E-state index in [0.717, 1.165) is 18.5 Å². The molecule has 4 unspecified atom stereocenters. The van der Waals surface area contributed by atoms with Gasteiger partial charge in [-0.2, -0.15) is 0 Å². The minimum atomic E-state index is -0.786. The monoisotopic (exact) mass is 486 g/mol. The van der Waals surface area contributed by atoms with Crippen molar-refractivity contribution >= 4 is 11.8 Å². The fourth-order valence-corrected chi connectivity index (χ4v) is 5.64. The van der Waals surface area contributed by atoms with E-state index in [0.29, 0.717) is 31.3 Å². The van der Waals surface area contributed by atoms with Crippen LogP contribution in [0.1, 0.15) is 65.4 Å². The molecule has 2 aliphatic rings. The molecule has 2 amide bonds. The molecule has 5 atom stereocenters. The van der Waals surface area contributed by atoms with Crippen molar-refractivity contribution in [2.45, 2.75) is 89.9 Å². The number of aliphatic hydroxyl groups is 1. The fraction of sp³-hybridized carbons (Fsp3) is 0.714. The standard InChI is InChI=1S/C28H46N4O3/c1-5-29-17-26(34)30-23(15-20-11-7-6-8-12-20)25(33)19-32-18-22-14-10-9-13-21(22)16-24(32)27(35)31-28(2,3)4/h6-8,11-12,21-25,29,33H,5,9-10,13-19H2,1-4H3,(H,30,34)(H,31,35)/t21-,22?,23?,24?,25?/m0/s1. The Morgan fingerprint density at radius 1 is 1.11 bits per heavy atom. The number of fused-ring (bicyclic) bond motifs is 1. The smallest absolute Gasteiger partial charge is 0.237 e. The van der Waals surface area contributed by atoms with Gasteiger partial charge in [0.25, 0.3) is 0 Å². The van der Waals surface area contributed by atoms with Gasteiger partial charge in [0.15, 0.2) is 0 Å². The van der Waals surface area contributed by atoms with E-state index in [-0.39, 0.29) is 29.9 Å². The third-order valence-electron chi connectivity index (χ3n) is 7.37. The number of likely N-dealkylation sites (N-methyl/N-ethyl adjacent to an activating group) is 1. The number of hydrogen-bond donors (Lipinski definition) is 4. The third-order valence-corrected chi connectivity index (χ3v) is 7.37. The van der Waals surface area contributed by atoms with E-state index in [9.17, 15) is 14.7 Å². The van der Waals surface area contributed by atoms with Crippen LogP contribution in [0, 0.1) is 11.8 Å². The minimum Gasteiger partial charge on any atom is -0.390 e. The van der Waals surface area contributed by atoms with E-state index in [1.807, 2.05) is 58.0 Å². The zero-order valence-electron chi connectivity index (χ0n) is 22.1. The Morgan fingerprint density at radius 3 is 2.46 bits per heavy atom. The zero-order chi connectivity index (χ0) is 25.4. The van der Waals surface area contributed by atoms with Gasteiger partial charge in [-0.15, -0.1) is 0 Å². The number of likely N-dealkylation sites (tertiary alicyclic amines) is 1. The van der Waals surface area contributed by atoms with Crippen molar-refractivity contribution in [1.82, 2.24) is 20.9 Å². The number of benzene rings is 1. The first kappa shape index (κ1) is 27.6. The van der Waals surface area contributed by atoms with E-state index < -0.39 is 12.1 Å². The molecule has 0 spiro atoms. The average molecular weight is 487 g/mol. The van der Waals surface area contributed by atoms with Crippen molar-refractivity contribution in [3.8, 4) is 0 Å². The van der Waals surface area contributed by atoms with Gasteiger partial charge in [0.05, 0.1) is 24.7 Å². The topological polar surface area (TPSA) is 93.7 Å². The van der Waals surface area contributed by atoms with E-state index in [1.165, 1.54) is 25.7 Å². The maximum absolute atomic E-state index is 13.3. The lowest BCUT2D eigenvalue weighted by atomic mass is 9.72. The van der Waals surface area contributed by atoms with E-state index in [4.69, 9.17) is 0 Å². The molecule has 1 aliphatic carbocycles. The molecule has 1 aromatic carbocycles. The maximum atomic E-state index is 13.3. The highest BCUT2D eigenvalue weighted by Gasteiger charge is 2.41. The van der Waals surface area contributed by atoms with E-state index in [2.05, 4.69) is 20.9 Å². The maximum Gasteiger partial charge on any atom is 0.237 e. The van der Waals surface area contributed by atoms with Crippen LogP contribution in [-0.4, -0.2) is 71.7 Å². The fourth-order valence-electron chi connectivity index (χ4n) is 5.64. The number of piperidine rings is 1. The Kier molecular flexibility index (Phi) is 10.1. The predicted octanol–water partition coefficient (Wildman–Crippen LogP) is 2.48. The average Bonchev–Trinajstić information content (AvgIpc) is 2.81. The Bertz CT molecular complexity index is 810. The van der Waals surface area contributed by atoms with E-state index >= 15 is 0 Å². The lowest BCUT2D eigenvalue weighted by Crippen LogP contribution is -2.60. The van der Waals surface area contributed by atoms with Crippen LogP contribution < -0.4 is 16.0 Å². The van der Waals surface area contributed by atoms with Crippen molar-refractivity contribution < 1.29 is 14.7 Å². The van der Waals surface area contributed by atoms with Gasteiger partial charge in [-0.3, -0.25) is 14.5 Å². The molecule has 4 N–H and O–H groups in total. The number of rotatable bonds is 10. The highest BCUT2D eigenvalue weighted by atomic mass is 16.3. The lowest BCUT2D eigenvalue weighted by Gasteiger charge is -2.47. The molecule has 35 heavy (non-hydrogen) atoms. The molecule has 1 saturated heterocycles. The summed E-state index contributed by atoms with van der Waals surface area (Å²) in [6, 6.07) is 9.26. The van der Waals surface area contributed by atoms with Gasteiger partial charge in [0, 0.05) is 18.6 Å². The molecule has 1 saturated carbocycles. The quantitative estimate of drug-likeness (QED) is 0.408. The van der Waals surface area contributed by atoms with Crippen LogP contribution in [0.25, 0.3) is 0 Å². The third kappa shape index (κ3) is 8.58. The number of aliphatic hydroxyl groups excluding tert-OH is 1. The second-order valence-corrected chi connectivity index (χ2v) is 11.5. The molecule has 0 aromatic heterocycles. The second kappa shape index (κ2) is 12.8. The summed E-state index contributed by atoms with van der Waals surface area (Å²) in [7, 11) is 0. The van der Waals surface area contributed by atoms with Crippen LogP contribution >= 0.6 is 0 Å². The molecule has 196 valence electrons. The number of nitrogens with zero attached hydrogens (tertiary/aromatic N) is 1. The van der Waals surface area contributed by atoms with Crippen LogP contribution in [0.4, 0.5) is 0 Å². The normalized spacial score (nSPS) is 24.8. The number of amides is 2. The van der Waals surface area contributed by atoms with Crippen LogP contribution in [0.15, 0.2) is 30.3 Å². The molecule has 7 nitrogen and oxygen atoms in total. The minimum absolute atomic E-state index is 0.0458. The van der Waals surface area contributed by atoms with Crippen LogP contribution in [0.5, 0.6) is 0 Å². The zero-order valence-corrected chi connectivity index (χ0v) is 22.1. The summed E-state index contributed by atoms with van der Waals surface area (Å²) in [5, 5.41) is 20.7. The highest BCUT2D eigenvalue weighted by molar-refractivity contribution is 5.82. The summed E-state index contributed by atoms with van der Waals surface area (Å²) in [4.78, 5) is 28.1. The molecule has 0 bridgehead atoms. The Labute approximate surface area is 211 Å². The van der Waals surface area contributed by atoms with Gasteiger partial charge < -0.3 is 21.1 Å². The predicted molar refractivity (Wildman–Crippen MR) is 140 cm³/mol. The number of nitrogens with one attached hydrogen (secondary N) is 3. The Hall–Kier alpha value is -1.96. The van der Waals surface area contributed by atoms with Gasteiger partial charge in [0.2, 0.25) is 11.8 Å². The van der Waals surface area contributed by atoms with Crippen molar-refractivity contribution in [3.05, 3.63) is 35.9 Å². The van der Waals surface area contributed by atoms with Gasteiger partial charge >= 0.3 is 0 Å². The summed E-state index contributed by atoms with van der Waals surface area (Å²) < 4.78 is 0. The number of carbonyl (C=O) groups excluding carboxylic acids is 2. The van der Waals surface area contributed by atoms with Gasteiger partial charge in [-0.1, -0.05) is 56.5 Å². The summed E-state index contributed by atoms with van der Waals surface area (Å²) >= 11 is 0. The Morgan fingerprint density at radius 2 is 1.80 bits per heavy atom. The summed E-state index contributed by atoms with van der Waals surface area (Å²) in [5.41, 5.74) is 0.759. The molecule has 2 fully saturated rings. The van der Waals surface area contributed by atoms with E-state index in [1.54, 1.807) is 0 Å². The Balaban J connectivity index is 1.75. The molecule has 0 radical (unpaired) electrons. The van der Waals surface area contributed by atoms with Gasteiger partial charge in [-0.25, -0.2) is 0 Å². The largest absolute Gasteiger partial charge is 0.390 e. The second-order valence-electron chi connectivity index (χ2n) is 11.5. The SMILES string of the molecule is CCNCC(=O)NC(Cc1ccccc1)C(O)CN1CC2CCCC[C@H]2CC1C(=O)NC(C)(C)C. The number of hydrogen-bond acceptors (Lipinski definition) is 5. The first-order valence-electron chi connectivity index (χ1n) is 13.4. The van der Waals surface area contributed by atoms with Crippen LogP contribution in [0.2, 0.25) is 0 Å². The highest BCUT2D eigenvalue weighted by Crippen LogP contribution is 2.38. The van der Waals surface area contributed by atoms with Gasteiger partial charge in [0.1, 0.15) is 0 Å². The van der Waals surface area contributed by atoms with Crippen LogP contribution in [0.3, 0.4) is 0 Å². The van der Waals surface area contributed by atoms with Crippen LogP contribution in [-0.2, 0) is 16.0 Å². The number of β-amino-alcohol motifs (C(OH)–C–C–N with tert-alkyl or cyclic N) is 1.